The van der Waals surface area contributed by atoms with Crippen LogP contribution < -0.4 is 0 Å². The molecule has 0 unspecified atom stereocenters. The first-order valence-corrected chi connectivity index (χ1v) is 15.3. The summed E-state index contributed by atoms with van der Waals surface area (Å²) in [6.45, 7) is 0. The summed E-state index contributed by atoms with van der Waals surface area (Å²) in [7, 11) is 0. The van der Waals surface area contributed by atoms with Gasteiger partial charge in [0.25, 0.3) is 0 Å². The van der Waals surface area contributed by atoms with Crippen LogP contribution in [-0.2, 0) is 0 Å². The normalized spacial score (nSPS) is 12.3. The summed E-state index contributed by atoms with van der Waals surface area (Å²) in [4.78, 5) is 10.4. The third-order valence-corrected chi connectivity index (χ3v) is 9.36. The smallest absolute Gasteiger partial charge is 0.149 e. The third kappa shape index (κ3) is 3.09. The molecule has 0 radical (unpaired) electrons. The maximum Gasteiger partial charge on any atom is 0.149 e. The number of nitrogens with zero attached hydrogens (tertiary/aromatic N) is 4. The van der Waals surface area contributed by atoms with Crippen molar-refractivity contribution in [3.8, 4) is 11.4 Å². The van der Waals surface area contributed by atoms with Gasteiger partial charge in [-0.1, -0.05) is 54.6 Å². The topological polar surface area (TPSA) is 61.9 Å². The van der Waals surface area contributed by atoms with Crippen molar-refractivity contribution in [3.63, 3.8) is 0 Å². The van der Waals surface area contributed by atoms with Crippen LogP contribution in [0.25, 0.3) is 99.3 Å². The molecule has 0 saturated carbocycles. The molecule has 0 atom stereocenters. The van der Waals surface area contributed by atoms with Crippen LogP contribution in [0.4, 0.5) is 0 Å². The molecule has 5 aromatic carbocycles. The van der Waals surface area contributed by atoms with Crippen molar-refractivity contribution in [1.82, 2.24) is 19.1 Å². The Balaban J connectivity index is 1.26. The molecule has 6 heteroatoms. The molecule has 6 heterocycles. The molecule has 6 nitrogen and oxygen atoms in total. The van der Waals surface area contributed by atoms with Crippen molar-refractivity contribution in [3.05, 3.63) is 134 Å². The van der Waals surface area contributed by atoms with E-state index in [-0.39, 0.29) is 0 Å². The number of hydrogen-bond donors (Lipinski definition) is 0. The number of furan rings is 2. The Morgan fingerprint density at radius 2 is 0.957 bits per heavy atom. The summed E-state index contributed by atoms with van der Waals surface area (Å²) in [6, 6.07) is 44.0. The van der Waals surface area contributed by atoms with Gasteiger partial charge < -0.3 is 8.83 Å². The van der Waals surface area contributed by atoms with Crippen molar-refractivity contribution < 1.29 is 8.83 Å². The highest BCUT2D eigenvalue weighted by Gasteiger charge is 2.21. The van der Waals surface area contributed by atoms with E-state index in [2.05, 4.69) is 106 Å². The summed E-state index contributed by atoms with van der Waals surface area (Å²) in [5.41, 5.74) is 10.3. The number of aromatic nitrogens is 4. The quantitative estimate of drug-likeness (QED) is 0.201. The lowest BCUT2D eigenvalue weighted by Crippen LogP contribution is -1.98. The van der Waals surface area contributed by atoms with Gasteiger partial charge in [-0.2, -0.15) is 0 Å². The van der Waals surface area contributed by atoms with Crippen LogP contribution in [0.3, 0.4) is 0 Å². The summed E-state index contributed by atoms with van der Waals surface area (Å²) >= 11 is 0. The molecule has 0 amide bonds. The Morgan fingerprint density at radius 3 is 1.65 bits per heavy atom. The van der Waals surface area contributed by atoms with Gasteiger partial charge in [0, 0.05) is 55.3 Å². The minimum absolute atomic E-state index is 0.854. The molecular formula is C40H22N4O2. The molecule has 0 spiro atoms. The van der Waals surface area contributed by atoms with Crippen molar-refractivity contribution >= 4 is 87.9 Å². The maximum atomic E-state index is 6.17. The molecule has 11 rings (SSSR count). The average Bonchev–Trinajstić information content (AvgIpc) is 3.84. The summed E-state index contributed by atoms with van der Waals surface area (Å²) in [5, 5.41) is 7.59. The van der Waals surface area contributed by atoms with E-state index in [0.717, 1.165) is 99.3 Å². The first kappa shape index (κ1) is 24.0. The predicted molar refractivity (Wildman–Crippen MR) is 185 cm³/mol. The first-order valence-electron chi connectivity index (χ1n) is 15.3. The Morgan fingerprint density at radius 1 is 0.413 bits per heavy atom. The lowest BCUT2D eigenvalue weighted by atomic mass is 10.1. The number of pyridine rings is 2. The molecule has 11 aromatic rings. The van der Waals surface area contributed by atoms with Gasteiger partial charge in [0.15, 0.2) is 0 Å². The Bertz CT molecular complexity index is 2840. The highest BCUT2D eigenvalue weighted by molar-refractivity contribution is 6.16. The first-order chi connectivity index (χ1) is 22.8. The molecule has 46 heavy (non-hydrogen) atoms. The maximum absolute atomic E-state index is 6.17. The lowest BCUT2D eigenvalue weighted by Gasteiger charge is -2.09. The van der Waals surface area contributed by atoms with Gasteiger partial charge in [-0.3, -0.25) is 14.1 Å². The second-order valence-corrected chi connectivity index (χ2v) is 11.8. The van der Waals surface area contributed by atoms with Crippen LogP contribution in [0, 0.1) is 0 Å². The van der Waals surface area contributed by atoms with Gasteiger partial charge >= 0.3 is 0 Å². The largest absolute Gasteiger partial charge is 0.456 e. The van der Waals surface area contributed by atoms with Crippen molar-refractivity contribution in [1.29, 1.82) is 0 Å². The molecule has 0 fully saturated rings. The molecule has 6 aromatic heterocycles. The summed E-state index contributed by atoms with van der Waals surface area (Å²) in [6.07, 6.45) is 1.86. The molecule has 0 N–H and O–H groups in total. The Labute approximate surface area is 260 Å². The predicted octanol–water partition coefficient (Wildman–Crippen LogP) is 10.5. The van der Waals surface area contributed by atoms with E-state index in [1.165, 1.54) is 0 Å². The molecule has 0 saturated heterocycles. The fourth-order valence-electron chi connectivity index (χ4n) is 7.35. The second kappa shape index (κ2) is 8.61. The molecular weight excluding hydrogens is 568 g/mol. The monoisotopic (exact) mass is 590 g/mol. The van der Waals surface area contributed by atoms with E-state index in [0.29, 0.717) is 0 Å². The van der Waals surface area contributed by atoms with Crippen molar-refractivity contribution in [2.75, 3.05) is 0 Å². The van der Waals surface area contributed by atoms with Gasteiger partial charge in [0.2, 0.25) is 0 Å². The fourth-order valence-corrected chi connectivity index (χ4v) is 7.35. The van der Waals surface area contributed by atoms with Crippen molar-refractivity contribution in [2.24, 2.45) is 0 Å². The van der Waals surface area contributed by atoms with E-state index in [1.807, 2.05) is 36.5 Å². The van der Waals surface area contributed by atoms with Gasteiger partial charge in [-0.15, -0.1) is 0 Å². The van der Waals surface area contributed by atoms with E-state index in [9.17, 15) is 0 Å². The zero-order chi connectivity index (χ0) is 29.9. The molecule has 0 aliphatic heterocycles. The van der Waals surface area contributed by atoms with E-state index >= 15 is 0 Å². The number of hydrogen-bond acceptors (Lipinski definition) is 4. The fraction of sp³-hybridized carbons (Fsp3) is 0. The highest BCUT2D eigenvalue weighted by Crippen LogP contribution is 2.39. The lowest BCUT2D eigenvalue weighted by molar-refractivity contribution is 0.668. The minimum atomic E-state index is 0.854. The molecule has 214 valence electrons. The zero-order valence-corrected chi connectivity index (χ0v) is 24.3. The zero-order valence-electron chi connectivity index (χ0n) is 24.3. The van der Waals surface area contributed by atoms with Crippen LogP contribution in [0.1, 0.15) is 0 Å². The van der Waals surface area contributed by atoms with Gasteiger partial charge in [-0.25, -0.2) is 4.98 Å². The summed E-state index contributed by atoms with van der Waals surface area (Å²) in [5.74, 6) is 0. The van der Waals surface area contributed by atoms with Crippen molar-refractivity contribution in [2.45, 2.75) is 0 Å². The summed E-state index contributed by atoms with van der Waals surface area (Å²) < 4.78 is 16.8. The van der Waals surface area contributed by atoms with E-state index in [1.54, 1.807) is 0 Å². The molecule has 0 bridgehead atoms. The number of para-hydroxylation sites is 3. The average molecular weight is 591 g/mol. The van der Waals surface area contributed by atoms with Crippen LogP contribution in [0.5, 0.6) is 0 Å². The minimum Gasteiger partial charge on any atom is -0.456 e. The number of rotatable bonds is 2. The third-order valence-electron chi connectivity index (χ3n) is 9.36. The van der Waals surface area contributed by atoms with Crippen LogP contribution in [0.2, 0.25) is 0 Å². The standard InChI is InChI=1S/C40H22N4O2/c1-4-11-32-25(8-1)30-22-31-38-33(12-7-19-41-38)44(24-16-18-37-29(21-24)27-10-3-6-14-35(27)46-37)40(31)42-39(30)43(32)23-15-17-36-28(20-23)26-9-2-5-13-34(26)45-36/h1-22H. The number of benzene rings is 5. The number of fused-ring (bicyclic) bond motifs is 12. The second-order valence-electron chi connectivity index (χ2n) is 11.8. The Kier molecular flexibility index (Phi) is 4.49. The highest BCUT2D eigenvalue weighted by atomic mass is 16.3. The van der Waals surface area contributed by atoms with Gasteiger partial charge in [-0.05, 0) is 72.8 Å². The van der Waals surface area contributed by atoms with E-state index in [4.69, 9.17) is 18.8 Å². The molecule has 0 aliphatic carbocycles. The van der Waals surface area contributed by atoms with Crippen LogP contribution in [0.15, 0.2) is 142 Å². The van der Waals surface area contributed by atoms with E-state index < -0.39 is 0 Å². The molecule has 0 aliphatic rings. The SMILES string of the molecule is c1ccc2c(c1)oc1ccc(-n3c4ccccc4c4cc5c6ncccc6n(-c6ccc7oc8ccccc8c7c6)c5nc43)cc12. The van der Waals surface area contributed by atoms with Crippen LogP contribution in [-0.4, -0.2) is 19.1 Å². The van der Waals surface area contributed by atoms with Crippen LogP contribution >= 0.6 is 0 Å². The van der Waals surface area contributed by atoms with Gasteiger partial charge in [0.1, 0.15) is 33.6 Å². The van der Waals surface area contributed by atoms with Gasteiger partial charge in [0.05, 0.1) is 16.6 Å². The Hall–Kier alpha value is -6.40.